The van der Waals surface area contributed by atoms with E-state index in [1.165, 1.54) is 11.1 Å². The van der Waals surface area contributed by atoms with Gasteiger partial charge in [0, 0.05) is 17.4 Å². The van der Waals surface area contributed by atoms with E-state index in [0.29, 0.717) is 11.8 Å². The highest BCUT2D eigenvalue weighted by Gasteiger charge is 2.08. The van der Waals surface area contributed by atoms with Gasteiger partial charge in [0.25, 0.3) is 0 Å². The minimum absolute atomic E-state index is 0.0992. The first-order chi connectivity index (χ1) is 12.9. The van der Waals surface area contributed by atoms with Gasteiger partial charge in [0.05, 0.1) is 11.8 Å². The maximum atomic E-state index is 5.88. The molecule has 0 atom stereocenters. The molecule has 0 saturated carbocycles. The van der Waals surface area contributed by atoms with E-state index in [0.717, 1.165) is 22.8 Å². The highest BCUT2D eigenvalue weighted by molar-refractivity contribution is 5.65. The van der Waals surface area contributed by atoms with Crippen molar-refractivity contribution in [2.75, 3.05) is 10.6 Å². The van der Waals surface area contributed by atoms with E-state index in [1.807, 2.05) is 57.2 Å². The van der Waals surface area contributed by atoms with Crippen molar-refractivity contribution in [3.8, 4) is 5.75 Å². The molecular weight excluding hydrogens is 336 g/mol. The second-order valence-corrected chi connectivity index (χ2v) is 6.93. The predicted molar refractivity (Wildman–Crippen MR) is 111 cm³/mol. The largest absolute Gasteiger partial charge is 0.489 e. The SMILES string of the molecule is Cc1cc(Nc2ccccc2OC(C)C)nc(Nc2ccc(C)c(C)c2)n1. The normalized spacial score (nSPS) is 10.7. The van der Waals surface area contributed by atoms with Gasteiger partial charge in [-0.3, -0.25) is 0 Å². The summed E-state index contributed by atoms with van der Waals surface area (Å²) in [7, 11) is 0. The average molecular weight is 362 g/mol. The fraction of sp³-hybridized carbons (Fsp3) is 0.273. The molecule has 0 saturated heterocycles. The highest BCUT2D eigenvalue weighted by atomic mass is 16.5. The molecular formula is C22H26N4O. The van der Waals surface area contributed by atoms with E-state index in [4.69, 9.17) is 4.74 Å². The maximum Gasteiger partial charge on any atom is 0.229 e. The molecule has 0 aliphatic carbocycles. The van der Waals surface area contributed by atoms with Gasteiger partial charge in [-0.15, -0.1) is 0 Å². The van der Waals surface area contributed by atoms with E-state index >= 15 is 0 Å². The van der Waals surface area contributed by atoms with Gasteiger partial charge in [0.1, 0.15) is 11.6 Å². The molecule has 0 bridgehead atoms. The first-order valence-electron chi connectivity index (χ1n) is 9.13. The zero-order valence-electron chi connectivity index (χ0n) is 16.5. The van der Waals surface area contributed by atoms with E-state index in [9.17, 15) is 0 Å². The van der Waals surface area contributed by atoms with Crippen molar-refractivity contribution in [2.24, 2.45) is 0 Å². The van der Waals surface area contributed by atoms with Gasteiger partial charge >= 0.3 is 0 Å². The number of para-hydroxylation sites is 2. The molecule has 0 unspecified atom stereocenters. The molecule has 2 aromatic carbocycles. The number of anilines is 4. The summed E-state index contributed by atoms with van der Waals surface area (Å²) >= 11 is 0. The Hall–Kier alpha value is -3.08. The second-order valence-electron chi connectivity index (χ2n) is 6.93. The molecule has 27 heavy (non-hydrogen) atoms. The molecule has 0 radical (unpaired) electrons. The lowest BCUT2D eigenvalue weighted by molar-refractivity contribution is 0.244. The summed E-state index contributed by atoms with van der Waals surface area (Å²) in [5.74, 6) is 2.07. The monoisotopic (exact) mass is 362 g/mol. The van der Waals surface area contributed by atoms with Gasteiger partial charge in [-0.1, -0.05) is 18.2 Å². The minimum Gasteiger partial charge on any atom is -0.489 e. The Labute approximate surface area is 160 Å². The smallest absolute Gasteiger partial charge is 0.229 e. The van der Waals surface area contributed by atoms with Gasteiger partial charge in [0.15, 0.2) is 0 Å². The fourth-order valence-electron chi connectivity index (χ4n) is 2.70. The molecule has 0 spiro atoms. The molecule has 140 valence electrons. The standard InChI is InChI=1S/C22H26N4O/c1-14(2)27-20-9-7-6-8-19(20)25-21-13-17(5)23-22(26-21)24-18-11-10-15(3)16(4)12-18/h6-14H,1-5H3,(H2,23,24,25,26). The average Bonchev–Trinajstić information content (AvgIpc) is 2.59. The molecule has 0 fully saturated rings. The van der Waals surface area contributed by atoms with Gasteiger partial charge in [0.2, 0.25) is 5.95 Å². The Balaban J connectivity index is 1.84. The summed E-state index contributed by atoms with van der Waals surface area (Å²) in [6.07, 6.45) is 0.0992. The van der Waals surface area contributed by atoms with Crippen LogP contribution in [0.3, 0.4) is 0 Å². The summed E-state index contributed by atoms with van der Waals surface area (Å²) in [4.78, 5) is 9.11. The van der Waals surface area contributed by atoms with Crippen LogP contribution in [0.25, 0.3) is 0 Å². The number of rotatable bonds is 6. The first kappa shape index (κ1) is 18.7. The third-order valence-electron chi connectivity index (χ3n) is 4.13. The lowest BCUT2D eigenvalue weighted by Crippen LogP contribution is -2.08. The summed E-state index contributed by atoms with van der Waals surface area (Å²) in [5.41, 5.74) is 5.21. The van der Waals surface area contributed by atoms with Crippen molar-refractivity contribution in [3.63, 3.8) is 0 Å². The van der Waals surface area contributed by atoms with Crippen LogP contribution in [0.4, 0.5) is 23.1 Å². The number of hydrogen-bond donors (Lipinski definition) is 2. The number of ether oxygens (including phenoxy) is 1. The lowest BCUT2D eigenvalue weighted by Gasteiger charge is -2.16. The van der Waals surface area contributed by atoms with Gasteiger partial charge in [-0.2, -0.15) is 4.98 Å². The number of benzene rings is 2. The van der Waals surface area contributed by atoms with Crippen molar-refractivity contribution in [1.82, 2.24) is 9.97 Å². The Morgan fingerprint density at radius 3 is 2.37 bits per heavy atom. The molecule has 0 amide bonds. The van der Waals surface area contributed by atoms with Crippen LogP contribution in [-0.4, -0.2) is 16.1 Å². The third kappa shape index (κ3) is 4.97. The molecule has 2 N–H and O–H groups in total. The van der Waals surface area contributed by atoms with Crippen molar-refractivity contribution in [3.05, 3.63) is 65.4 Å². The van der Waals surface area contributed by atoms with Crippen LogP contribution in [0, 0.1) is 20.8 Å². The van der Waals surface area contributed by atoms with Crippen LogP contribution in [0.2, 0.25) is 0 Å². The molecule has 0 aliphatic heterocycles. The third-order valence-corrected chi connectivity index (χ3v) is 4.13. The number of nitrogens with zero attached hydrogens (tertiary/aromatic N) is 2. The fourth-order valence-corrected chi connectivity index (χ4v) is 2.70. The van der Waals surface area contributed by atoms with Gasteiger partial charge < -0.3 is 15.4 Å². The lowest BCUT2D eigenvalue weighted by atomic mass is 10.1. The van der Waals surface area contributed by atoms with Crippen LogP contribution in [0.15, 0.2) is 48.5 Å². The van der Waals surface area contributed by atoms with Crippen LogP contribution in [-0.2, 0) is 0 Å². The predicted octanol–water partition coefficient (Wildman–Crippen LogP) is 5.68. The van der Waals surface area contributed by atoms with E-state index in [1.54, 1.807) is 0 Å². The number of nitrogens with one attached hydrogen (secondary N) is 2. The van der Waals surface area contributed by atoms with Crippen LogP contribution >= 0.6 is 0 Å². The Morgan fingerprint density at radius 2 is 1.63 bits per heavy atom. The molecule has 5 heteroatoms. The van der Waals surface area contributed by atoms with Crippen molar-refractivity contribution in [1.29, 1.82) is 0 Å². The zero-order chi connectivity index (χ0) is 19.4. The van der Waals surface area contributed by atoms with E-state index in [-0.39, 0.29) is 6.10 Å². The van der Waals surface area contributed by atoms with Gasteiger partial charge in [-0.25, -0.2) is 4.98 Å². The number of hydrogen-bond acceptors (Lipinski definition) is 5. The molecule has 1 heterocycles. The van der Waals surface area contributed by atoms with E-state index in [2.05, 4.69) is 46.6 Å². The van der Waals surface area contributed by atoms with Crippen molar-refractivity contribution in [2.45, 2.75) is 40.7 Å². The van der Waals surface area contributed by atoms with Crippen molar-refractivity contribution < 1.29 is 4.74 Å². The Kier molecular flexibility index (Phi) is 5.60. The number of aromatic nitrogens is 2. The van der Waals surface area contributed by atoms with Gasteiger partial charge in [-0.05, 0) is 70.0 Å². The summed E-state index contributed by atoms with van der Waals surface area (Å²) in [6.45, 7) is 10.2. The van der Waals surface area contributed by atoms with Crippen LogP contribution in [0.5, 0.6) is 5.75 Å². The minimum atomic E-state index is 0.0992. The molecule has 0 aliphatic rings. The zero-order valence-corrected chi connectivity index (χ0v) is 16.5. The summed E-state index contributed by atoms with van der Waals surface area (Å²) in [6, 6.07) is 16.0. The molecule has 3 rings (SSSR count). The van der Waals surface area contributed by atoms with E-state index < -0.39 is 0 Å². The Bertz CT molecular complexity index is 937. The first-order valence-corrected chi connectivity index (χ1v) is 9.13. The second kappa shape index (κ2) is 8.08. The quantitative estimate of drug-likeness (QED) is 0.591. The topological polar surface area (TPSA) is 59.1 Å². The maximum absolute atomic E-state index is 5.88. The Morgan fingerprint density at radius 1 is 0.852 bits per heavy atom. The summed E-state index contributed by atoms with van der Waals surface area (Å²) in [5, 5.41) is 6.64. The molecule has 5 nitrogen and oxygen atoms in total. The molecule has 1 aromatic heterocycles. The highest BCUT2D eigenvalue weighted by Crippen LogP contribution is 2.28. The summed E-state index contributed by atoms with van der Waals surface area (Å²) < 4.78 is 5.88. The molecule has 3 aromatic rings. The van der Waals surface area contributed by atoms with Crippen LogP contribution < -0.4 is 15.4 Å². The van der Waals surface area contributed by atoms with Crippen molar-refractivity contribution >= 4 is 23.1 Å². The number of aryl methyl sites for hydroxylation is 3. The van der Waals surface area contributed by atoms with Crippen LogP contribution in [0.1, 0.15) is 30.7 Å².